The number of amides is 1. The Labute approximate surface area is 140 Å². The second-order valence-corrected chi connectivity index (χ2v) is 6.26. The molecule has 0 aliphatic heterocycles. The van der Waals surface area contributed by atoms with E-state index in [2.05, 4.69) is 10.1 Å². The molecule has 0 spiro atoms. The molecule has 1 aromatic carbocycles. The summed E-state index contributed by atoms with van der Waals surface area (Å²) in [6.45, 7) is 4.27. The zero-order chi connectivity index (χ0) is 17.4. The van der Waals surface area contributed by atoms with E-state index in [9.17, 15) is 14.9 Å². The van der Waals surface area contributed by atoms with Gasteiger partial charge in [0.05, 0.1) is 20.8 Å². The Kier molecular flexibility index (Phi) is 4.02. The van der Waals surface area contributed by atoms with E-state index in [1.54, 1.807) is 23.7 Å². The standard InChI is InChI=1S/C15H15N5O3S/c1-4-19-11-8-10(20(22)23)5-6-13(11)24-15(19)16-14(21)12-7-9(2)17-18(12)3/h5-8H,4H2,1-3H3. The molecular formula is C15H15N5O3S. The highest BCUT2D eigenvalue weighted by Gasteiger charge is 2.14. The topological polar surface area (TPSA) is 95.3 Å². The van der Waals surface area contributed by atoms with Crippen LogP contribution in [0.3, 0.4) is 0 Å². The minimum atomic E-state index is -0.433. The fourth-order valence-electron chi connectivity index (χ4n) is 2.52. The molecule has 0 saturated heterocycles. The SMILES string of the molecule is CCn1c(=NC(=O)c2cc(C)nn2C)sc2ccc([N+](=O)[O-])cc21. The summed E-state index contributed by atoms with van der Waals surface area (Å²) in [4.78, 5) is 27.7. The summed E-state index contributed by atoms with van der Waals surface area (Å²) >= 11 is 1.33. The Morgan fingerprint density at radius 3 is 2.75 bits per heavy atom. The van der Waals surface area contributed by atoms with E-state index in [4.69, 9.17) is 0 Å². The van der Waals surface area contributed by atoms with E-state index in [-0.39, 0.29) is 11.6 Å². The molecule has 9 heteroatoms. The van der Waals surface area contributed by atoms with Crippen LogP contribution < -0.4 is 4.80 Å². The molecule has 24 heavy (non-hydrogen) atoms. The van der Waals surface area contributed by atoms with Crippen molar-refractivity contribution >= 4 is 33.1 Å². The lowest BCUT2D eigenvalue weighted by Gasteiger charge is -2.00. The quantitative estimate of drug-likeness (QED) is 0.538. The van der Waals surface area contributed by atoms with Gasteiger partial charge in [-0.25, -0.2) is 0 Å². The van der Waals surface area contributed by atoms with E-state index >= 15 is 0 Å². The molecule has 0 atom stereocenters. The number of aryl methyl sites for hydroxylation is 3. The maximum Gasteiger partial charge on any atom is 0.297 e. The molecule has 2 heterocycles. The van der Waals surface area contributed by atoms with Crippen LogP contribution in [0, 0.1) is 17.0 Å². The number of aromatic nitrogens is 3. The molecular weight excluding hydrogens is 330 g/mol. The summed E-state index contributed by atoms with van der Waals surface area (Å²) in [6.07, 6.45) is 0. The monoisotopic (exact) mass is 345 g/mol. The minimum absolute atomic E-state index is 0.0163. The molecule has 0 N–H and O–H groups in total. The first-order chi connectivity index (χ1) is 11.4. The lowest BCUT2D eigenvalue weighted by atomic mass is 10.3. The van der Waals surface area contributed by atoms with Crippen molar-refractivity contribution < 1.29 is 9.72 Å². The Bertz CT molecular complexity index is 1030. The van der Waals surface area contributed by atoms with Gasteiger partial charge in [-0.1, -0.05) is 11.3 Å². The number of non-ortho nitro benzene ring substituents is 1. The fraction of sp³-hybridized carbons (Fsp3) is 0.267. The van der Waals surface area contributed by atoms with Crippen LogP contribution in [0.5, 0.6) is 0 Å². The summed E-state index contributed by atoms with van der Waals surface area (Å²) in [5.74, 6) is -0.388. The van der Waals surface area contributed by atoms with E-state index in [0.29, 0.717) is 22.6 Å². The van der Waals surface area contributed by atoms with Gasteiger partial charge < -0.3 is 4.57 Å². The van der Waals surface area contributed by atoms with Gasteiger partial charge in [-0.3, -0.25) is 19.6 Å². The van der Waals surface area contributed by atoms with Gasteiger partial charge in [0.2, 0.25) is 0 Å². The minimum Gasteiger partial charge on any atom is -0.316 e. The van der Waals surface area contributed by atoms with E-state index in [1.807, 2.05) is 13.8 Å². The van der Waals surface area contributed by atoms with Gasteiger partial charge in [0.1, 0.15) is 5.69 Å². The fourth-order valence-corrected chi connectivity index (χ4v) is 3.59. The summed E-state index contributed by atoms with van der Waals surface area (Å²) in [5, 5.41) is 15.1. The number of hydrogen-bond donors (Lipinski definition) is 0. The molecule has 0 saturated carbocycles. The highest BCUT2D eigenvalue weighted by atomic mass is 32.1. The van der Waals surface area contributed by atoms with Crippen molar-refractivity contribution in [2.24, 2.45) is 12.0 Å². The summed E-state index contributed by atoms with van der Waals surface area (Å²) in [6, 6.07) is 6.32. The number of hydrogen-bond acceptors (Lipinski definition) is 5. The highest BCUT2D eigenvalue weighted by Crippen LogP contribution is 2.23. The molecule has 3 aromatic rings. The molecule has 0 radical (unpaired) electrons. The van der Waals surface area contributed by atoms with Crippen molar-refractivity contribution in [2.45, 2.75) is 20.4 Å². The van der Waals surface area contributed by atoms with Gasteiger partial charge >= 0.3 is 0 Å². The molecule has 0 aliphatic rings. The predicted molar refractivity (Wildman–Crippen MR) is 90.0 cm³/mol. The third-order valence-corrected chi connectivity index (χ3v) is 4.67. The first-order valence-corrected chi connectivity index (χ1v) is 8.10. The van der Waals surface area contributed by atoms with Gasteiger partial charge in [-0.15, -0.1) is 0 Å². The number of nitro groups is 1. The van der Waals surface area contributed by atoms with Crippen LogP contribution in [0.25, 0.3) is 10.2 Å². The Morgan fingerprint density at radius 1 is 1.42 bits per heavy atom. The summed E-state index contributed by atoms with van der Waals surface area (Å²) < 4.78 is 4.14. The largest absolute Gasteiger partial charge is 0.316 e. The molecule has 124 valence electrons. The molecule has 0 unspecified atom stereocenters. The number of nitrogens with zero attached hydrogens (tertiary/aromatic N) is 5. The maximum absolute atomic E-state index is 12.4. The van der Waals surface area contributed by atoms with E-state index in [0.717, 1.165) is 10.4 Å². The van der Waals surface area contributed by atoms with Crippen molar-refractivity contribution in [2.75, 3.05) is 0 Å². The van der Waals surface area contributed by atoms with Gasteiger partial charge in [0.15, 0.2) is 4.80 Å². The van der Waals surface area contributed by atoms with Crippen LogP contribution in [-0.2, 0) is 13.6 Å². The van der Waals surface area contributed by atoms with Crippen LogP contribution in [0.4, 0.5) is 5.69 Å². The molecule has 0 bridgehead atoms. The first kappa shape index (κ1) is 16.1. The van der Waals surface area contributed by atoms with Crippen molar-refractivity contribution in [3.05, 3.63) is 50.6 Å². The lowest BCUT2D eigenvalue weighted by molar-refractivity contribution is -0.384. The zero-order valence-electron chi connectivity index (χ0n) is 13.4. The van der Waals surface area contributed by atoms with E-state index in [1.165, 1.54) is 28.2 Å². The van der Waals surface area contributed by atoms with Crippen molar-refractivity contribution in [3.63, 3.8) is 0 Å². The van der Waals surface area contributed by atoms with Crippen molar-refractivity contribution in [3.8, 4) is 0 Å². The second kappa shape index (κ2) is 6.00. The summed E-state index contributed by atoms with van der Waals surface area (Å²) in [7, 11) is 1.69. The third kappa shape index (κ3) is 2.73. The predicted octanol–water partition coefficient (Wildman–Crippen LogP) is 2.41. The molecule has 2 aromatic heterocycles. The van der Waals surface area contributed by atoms with Crippen LogP contribution in [0.1, 0.15) is 23.1 Å². The number of carbonyl (C=O) groups excluding carboxylic acids is 1. The number of carbonyl (C=O) groups is 1. The Morgan fingerprint density at radius 2 is 2.17 bits per heavy atom. The maximum atomic E-state index is 12.4. The highest BCUT2D eigenvalue weighted by molar-refractivity contribution is 7.16. The molecule has 0 fully saturated rings. The number of nitro benzene ring substituents is 1. The third-order valence-electron chi connectivity index (χ3n) is 3.61. The molecule has 0 aliphatic carbocycles. The van der Waals surface area contributed by atoms with Crippen LogP contribution >= 0.6 is 11.3 Å². The van der Waals surface area contributed by atoms with Crippen LogP contribution in [0.2, 0.25) is 0 Å². The van der Waals surface area contributed by atoms with Gasteiger partial charge in [0.25, 0.3) is 11.6 Å². The van der Waals surface area contributed by atoms with Gasteiger partial charge in [0, 0.05) is 25.7 Å². The Hall–Kier alpha value is -2.81. The summed E-state index contributed by atoms with van der Waals surface area (Å²) in [5.41, 5.74) is 1.86. The number of thiazole rings is 1. The average molecular weight is 345 g/mol. The zero-order valence-corrected chi connectivity index (χ0v) is 14.2. The molecule has 3 rings (SSSR count). The molecule has 1 amide bonds. The van der Waals surface area contributed by atoms with Crippen LogP contribution in [0.15, 0.2) is 29.3 Å². The smallest absolute Gasteiger partial charge is 0.297 e. The van der Waals surface area contributed by atoms with Crippen molar-refractivity contribution in [1.29, 1.82) is 0 Å². The van der Waals surface area contributed by atoms with Crippen molar-refractivity contribution in [1.82, 2.24) is 14.3 Å². The number of benzene rings is 1. The van der Waals surface area contributed by atoms with E-state index < -0.39 is 4.92 Å². The van der Waals surface area contributed by atoms with Gasteiger partial charge in [-0.05, 0) is 26.0 Å². The normalized spacial score (nSPS) is 12.0. The first-order valence-electron chi connectivity index (χ1n) is 7.28. The second-order valence-electron chi connectivity index (χ2n) is 5.25. The van der Waals surface area contributed by atoms with Crippen LogP contribution in [-0.4, -0.2) is 25.2 Å². The molecule has 8 nitrogen and oxygen atoms in total. The number of rotatable bonds is 3. The van der Waals surface area contributed by atoms with Gasteiger partial charge in [-0.2, -0.15) is 10.1 Å². The number of fused-ring (bicyclic) bond motifs is 1. The lowest BCUT2D eigenvalue weighted by Crippen LogP contribution is -2.17. The average Bonchev–Trinajstić information content (AvgIpc) is 3.05. The Balaban J connectivity index is 2.16.